The topological polar surface area (TPSA) is 85.3 Å². The minimum atomic E-state index is -0.900. The summed E-state index contributed by atoms with van der Waals surface area (Å²) in [6.45, 7) is 0.879. The summed E-state index contributed by atoms with van der Waals surface area (Å²) in [5.74, 6) is 1.54. The van der Waals surface area contributed by atoms with Crippen molar-refractivity contribution in [2.75, 3.05) is 12.3 Å². The molecule has 0 amide bonds. The van der Waals surface area contributed by atoms with Crippen molar-refractivity contribution in [2.45, 2.75) is 24.1 Å². The van der Waals surface area contributed by atoms with E-state index in [1.165, 1.54) is 5.56 Å². The molecule has 5 nitrogen and oxygen atoms in total. The average molecular weight is 409 g/mol. The summed E-state index contributed by atoms with van der Waals surface area (Å²) in [5, 5.41) is 23.3. The van der Waals surface area contributed by atoms with Crippen LogP contribution in [0.15, 0.2) is 60.8 Å². The Morgan fingerprint density at radius 2 is 2.00 bits per heavy atom. The number of H-pyrrole nitrogens is 1. The van der Waals surface area contributed by atoms with Crippen LogP contribution in [-0.2, 0) is 5.75 Å². The number of benzene rings is 2. The Labute approximate surface area is 173 Å². The number of hydrogen-bond acceptors (Lipinski definition) is 4. The van der Waals surface area contributed by atoms with Gasteiger partial charge in [-0.25, -0.2) is 4.79 Å². The molecule has 0 aliphatic carbocycles. The lowest BCUT2D eigenvalue weighted by Gasteiger charge is -2.29. The number of nitrogens with one attached hydrogen (secondary N) is 2. The molecule has 0 radical (unpaired) electrons. The van der Waals surface area contributed by atoms with Gasteiger partial charge in [0, 0.05) is 41.4 Å². The predicted octanol–water partition coefficient (Wildman–Crippen LogP) is 4.51. The van der Waals surface area contributed by atoms with Gasteiger partial charge in [-0.05, 0) is 53.6 Å². The molecule has 6 heteroatoms. The van der Waals surface area contributed by atoms with Gasteiger partial charge in [-0.3, -0.25) is 0 Å². The number of phenols is 1. The van der Waals surface area contributed by atoms with E-state index >= 15 is 0 Å². The quantitative estimate of drug-likeness (QED) is 0.341. The van der Waals surface area contributed by atoms with Crippen molar-refractivity contribution in [3.8, 4) is 5.75 Å². The van der Waals surface area contributed by atoms with E-state index in [0.29, 0.717) is 23.3 Å². The molecule has 1 aliphatic heterocycles. The molecule has 150 valence electrons. The molecular formula is C23H24N2O3S. The van der Waals surface area contributed by atoms with Gasteiger partial charge in [-0.1, -0.05) is 24.3 Å². The first-order valence-electron chi connectivity index (χ1n) is 9.72. The lowest BCUT2D eigenvalue weighted by atomic mass is 9.87. The van der Waals surface area contributed by atoms with Crippen molar-refractivity contribution in [1.29, 1.82) is 0 Å². The molecule has 1 aromatic heterocycles. The molecule has 0 bridgehead atoms. The van der Waals surface area contributed by atoms with Crippen LogP contribution >= 0.6 is 11.8 Å². The fourth-order valence-electron chi connectivity index (χ4n) is 3.84. The second kappa shape index (κ2) is 8.76. The van der Waals surface area contributed by atoms with E-state index < -0.39 is 5.97 Å². The zero-order valence-electron chi connectivity index (χ0n) is 16.0. The number of hydrogen-bond donors (Lipinski definition) is 4. The van der Waals surface area contributed by atoms with E-state index in [1.54, 1.807) is 24.3 Å². The first kappa shape index (κ1) is 19.6. The number of aromatic nitrogens is 1. The zero-order valence-corrected chi connectivity index (χ0v) is 16.8. The van der Waals surface area contributed by atoms with Gasteiger partial charge in [0.15, 0.2) is 0 Å². The summed E-state index contributed by atoms with van der Waals surface area (Å²) in [5.41, 5.74) is 3.63. The molecule has 0 saturated heterocycles. The Morgan fingerprint density at radius 1 is 1.17 bits per heavy atom. The van der Waals surface area contributed by atoms with Crippen LogP contribution in [-0.4, -0.2) is 39.5 Å². The number of carboxylic acid groups (broad SMARTS) is 1. The summed E-state index contributed by atoms with van der Waals surface area (Å²) in [6, 6.07) is 13.0. The van der Waals surface area contributed by atoms with Crippen LogP contribution in [0, 0.1) is 0 Å². The first-order valence-corrected chi connectivity index (χ1v) is 10.9. The van der Waals surface area contributed by atoms with Crippen LogP contribution in [0.4, 0.5) is 0 Å². The van der Waals surface area contributed by atoms with Crippen LogP contribution in [0.25, 0.3) is 10.9 Å². The Bertz CT molecular complexity index is 1030. The van der Waals surface area contributed by atoms with E-state index in [2.05, 4.69) is 22.5 Å². The second-order valence-electron chi connectivity index (χ2n) is 7.28. The molecule has 0 fully saturated rings. The summed E-state index contributed by atoms with van der Waals surface area (Å²) in [4.78, 5) is 14.5. The molecule has 1 aliphatic rings. The highest BCUT2D eigenvalue weighted by Crippen LogP contribution is 2.29. The second-order valence-corrected chi connectivity index (χ2v) is 8.39. The summed E-state index contributed by atoms with van der Waals surface area (Å²) < 4.78 is 0. The minimum absolute atomic E-state index is 0.290. The fraction of sp³-hybridized carbons (Fsp3) is 0.261. The Morgan fingerprint density at radius 3 is 2.79 bits per heavy atom. The third-order valence-corrected chi connectivity index (χ3v) is 6.44. The van der Waals surface area contributed by atoms with Crippen molar-refractivity contribution in [1.82, 2.24) is 10.3 Å². The van der Waals surface area contributed by atoms with Crippen LogP contribution in [0.3, 0.4) is 0 Å². The molecule has 3 aromatic rings. The Balaban J connectivity index is 1.37. The van der Waals surface area contributed by atoms with E-state index in [1.807, 2.05) is 36.2 Å². The first-order chi connectivity index (χ1) is 14.1. The van der Waals surface area contributed by atoms with Crippen LogP contribution in [0.1, 0.15) is 33.8 Å². The monoisotopic (exact) mass is 408 g/mol. The number of aromatic amines is 1. The van der Waals surface area contributed by atoms with Gasteiger partial charge in [0.2, 0.25) is 0 Å². The van der Waals surface area contributed by atoms with Crippen molar-refractivity contribution < 1.29 is 15.0 Å². The summed E-state index contributed by atoms with van der Waals surface area (Å²) >= 11 is 1.86. The summed E-state index contributed by atoms with van der Waals surface area (Å²) in [6.07, 6.45) is 7.42. The maximum absolute atomic E-state index is 11.2. The van der Waals surface area contributed by atoms with Crippen molar-refractivity contribution in [2.24, 2.45) is 0 Å². The summed E-state index contributed by atoms with van der Waals surface area (Å²) in [7, 11) is 0. The van der Waals surface area contributed by atoms with Crippen molar-refractivity contribution in [3.63, 3.8) is 0 Å². The highest BCUT2D eigenvalue weighted by molar-refractivity contribution is 7.98. The third-order valence-electron chi connectivity index (χ3n) is 5.40. The number of phenolic OH excluding ortho intramolecular Hbond substituents is 1. The normalized spacial score (nSPS) is 18.9. The molecule has 4 rings (SSSR count). The van der Waals surface area contributed by atoms with Crippen LogP contribution in [0.5, 0.6) is 5.75 Å². The fourth-order valence-corrected chi connectivity index (χ4v) is 4.86. The number of thioether (sulfide) groups is 1. The van der Waals surface area contributed by atoms with E-state index in [-0.39, 0.29) is 0 Å². The van der Waals surface area contributed by atoms with E-state index in [0.717, 1.165) is 40.9 Å². The Hall–Kier alpha value is -2.70. The van der Waals surface area contributed by atoms with Gasteiger partial charge in [-0.15, -0.1) is 0 Å². The number of carboxylic acids is 1. The number of aromatic carboxylic acids is 1. The standard InChI is InChI=1S/C23H24N2O3S/c26-18-6-3-15(4-7-18)19-2-1-10-24-22(19)9-11-29-14-17-13-25-21-8-5-16(23(27)28)12-20(17)21/h1-8,12-13,19,22,24-26H,9-11,14H2,(H,27,28). The van der Waals surface area contributed by atoms with Crippen molar-refractivity contribution >= 4 is 28.6 Å². The molecule has 0 spiro atoms. The molecule has 29 heavy (non-hydrogen) atoms. The van der Waals surface area contributed by atoms with Crippen molar-refractivity contribution in [3.05, 3.63) is 77.5 Å². The van der Waals surface area contributed by atoms with Gasteiger partial charge in [-0.2, -0.15) is 11.8 Å². The van der Waals surface area contributed by atoms with Crippen LogP contribution in [0.2, 0.25) is 0 Å². The molecule has 0 saturated carbocycles. The Kier molecular flexibility index (Phi) is 5.92. The predicted molar refractivity (Wildman–Crippen MR) is 118 cm³/mol. The number of aromatic hydroxyl groups is 1. The maximum atomic E-state index is 11.2. The molecule has 2 unspecified atom stereocenters. The number of rotatable bonds is 7. The van der Waals surface area contributed by atoms with Crippen LogP contribution < -0.4 is 5.32 Å². The largest absolute Gasteiger partial charge is 0.508 e. The molecule has 2 aromatic carbocycles. The molecule has 4 N–H and O–H groups in total. The molecule has 2 heterocycles. The number of carbonyl (C=O) groups is 1. The van der Waals surface area contributed by atoms with Gasteiger partial charge >= 0.3 is 5.97 Å². The maximum Gasteiger partial charge on any atom is 0.335 e. The molecule has 2 atom stereocenters. The minimum Gasteiger partial charge on any atom is -0.508 e. The lowest BCUT2D eigenvalue weighted by molar-refractivity contribution is 0.0697. The SMILES string of the molecule is O=C(O)c1ccc2[nH]cc(CSCCC3NCC=CC3c3ccc(O)cc3)c2c1. The zero-order chi connectivity index (χ0) is 20.2. The van der Waals surface area contributed by atoms with Gasteiger partial charge in [0.1, 0.15) is 5.75 Å². The number of fused-ring (bicyclic) bond motifs is 1. The highest BCUT2D eigenvalue weighted by Gasteiger charge is 2.22. The van der Waals surface area contributed by atoms with Gasteiger partial charge in [0.05, 0.1) is 5.56 Å². The smallest absolute Gasteiger partial charge is 0.335 e. The van der Waals surface area contributed by atoms with E-state index in [9.17, 15) is 15.0 Å². The lowest BCUT2D eigenvalue weighted by Crippen LogP contribution is -2.37. The van der Waals surface area contributed by atoms with Gasteiger partial charge in [0.25, 0.3) is 0 Å². The highest BCUT2D eigenvalue weighted by atomic mass is 32.2. The van der Waals surface area contributed by atoms with E-state index in [4.69, 9.17) is 0 Å². The average Bonchev–Trinajstić information content (AvgIpc) is 3.14. The third kappa shape index (κ3) is 4.49. The molecular weight excluding hydrogens is 384 g/mol. The van der Waals surface area contributed by atoms with Gasteiger partial charge < -0.3 is 20.5 Å².